The highest BCUT2D eigenvalue weighted by Gasteiger charge is 2.15. The van der Waals surface area contributed by atoms with Crippen LogP contribution >= 0.6 is 0 Å². The fourth-order valence-corrected chi connectivity index (χ4v) is 2.45. The molecule has 1 aliphatic heterocycles. The molecule has 4 heteroatoms. The largest absolute Gasteiger partial charge is 0.389 e. The third-order valence-electron chi connectivity index (χ3n) is 3.51. The number of aliphatic hydroxyl groups excluding tert-OH is 1. The van der Waals surface area contributed by atoms with Gasteiger partial charge in [0, 0.05) is 19.8 Å². The van der Waals surface area contributed by atoms with Crippen molar-refractivity contribution in [2.24, 2.45) is 11.8 Å². The second-order valence-electron chi connectivity index (χ2n) is 6.15. The van der Waals surface area contributed by atoms with Crippen molar-refractivity contribution < 1.29 is 14.6 Å². The van der Waals surface area contributed by atoms with E-state index in [1.807, 2.05) is 0 Å². The summed E-state index contributed by atoms with van der Waals surface area (Å²) >= 11 is 0. The van der Waals surface area contributed by atoms with Gasteiger partial charge in [-0.3, -0.25) is 0 Å². The summed E-state index contributed by atoms with van der Waals surface area (Å²) in [6.07, 6.45) is 3.18. The van der Waals surface area contributed by atoms with E-state index in [-0.39, 0.29) is 6.10 Å². The highest BCUT2D eigenvalue weighted by Crippen LogP contribution is 2.15. The Kier molecular flexibility index (Phi) is 8.62. The number of hydrogen-bond donors (Lipinski definition) is 2. The van der Waals surface area contributed by atoms with Gasteiger partial charge in [-0.1, -0.05) is 13.8 Å². The maximum Gasteiger partial charge on any atom is 0.0897 e. The van der Waals surface area contributed by atoms with Crippen molar-refractivity contribution in [3.05, 3.63) is 0 Å². The molecule has 0 saturated carbocycles. The highest BCUT2D eigenvalue weighted by atomic mass is 16.5. The van der Waals surface area contributed by atoms with Crippen molar-refractivity contribution >= 4 is 0 Å². The van der Waals surface area contributed by atoms with Crippen LogP contribution in [0, 0.1) is 11.8 Å². The summed E-state index contributed by atoms with van der Waals surface area (Å²) in [6, 6.07) is 0. The molecule has 19 heavy (non-hydrogen) atoms. The van der Waals surface area contributed by atoms with Crippen LogP contribution in [0.4, 0.5) is 0 Å². The zero-order chi connectivity index (χ0) is 14.1. The molecule has 1 fully saturated rings. The minimum absolute atomic E-state index is 0.227. The molecule has 1 rings (SSSR count). The predicted molar refractivity (Wildman–Crippen MR) is 77.3 cm³/mol. The Morgan fingerprint density at radius 1 is 1.37 bits per heavy atom. The van der Waals surface area contributed by atoms with Crippen LogP contribution in [0.5, 0.6) is 0 Å². The van der Waals surface area contributed by atoms with Crippen LogP contribution in [-0.2, 0) is 9.47 Å². The summed E-state index contributed by atoms with van der Waals surface area (Å²) in [6.45, 7) is 10.2. The molecule has 0 radical (unpaired) electrons. The molecule has 114 valence electrons. The van der Waals surface area contributed by atoms with Gasteiger partial charge in [-0.2, -0.15) is 0 Å². The number of hydrogen-bond acceptors (Lipinski definition) is 4. The second-order valence-corrected chi connectivity index (χ2v) is 6.15. The molecule has 0 aliphatic carbocycles. The smallest absolute Gasteiger partial charge is 0.0897 e. The van der Waals surface area contributed by atoms with Crippen molar-refractivity contribution in [1.29, 1.82) is 0 Å². The van der Waals surface area contributed by atoms with Gasteiger partial charge in [0.25, 0.3) is 0 Å². The third-order valence-corrected chi connectivity index (χ3v) is 3.51. The minimum atomic E-state index is -0.408. The van der Waals surface area contributed by atoms with Gasteiger partial charge in [-0.15, -0.1) is 0 Å². The quantitative estimate of drug-likeness (QED) is 0.596. The zero-order valence-corrected chi connectivity index (χ0v) is 12.7. The zero-order valence-electron chi connectivity index (χ0n) is 12.7. The Balaban J connectivity index is 1.93. The Labute approximate surface area is 117 Å². The van der Waals surface area contributed by atoms with E-state index >= 15 is 0 Å². The molecule has 3 unspecified atom stereocenters. The fraction of sp³-hybridized carbons (Fsp3) is 1.00. The first-order valence-electron chi connectivity index (χ1n) is 7.66. The molecule has 0 spiro atoms. The molecular formula is C15H31NO3. The van der Waals surface area contributed by atoms with Gasteiger partial charge in [0.15, 0.2) is 0 Å². The molecule has 4 nitrogen and oxygen atoms in total. The first kappa shape index (κ1) is 16.9. The SMILES string of the molecule is CC(C)CC(C)OCC(O)CNCCC1CCOC1. The number of ether oxygens (including phenoxy) is 2. The Hall–Kier alpha value is -0.160. The molecule has 2 N–H and O–H groups in total. The van der Waals surface area contributed by atoms with Gasteiger partial charge in [-0.05, 0) is 44.6 Å². The normalized spacial score (nSPS) is 22.9. The maximum atomic E-state index is 9.81. The van der Waals surface area contributed by atoms with Crippen LogP contribution < -0.4 is 5.32 Å². The first-order valence-corrected chi connectivity index (χ1v) is 7.66. The van der Waals surface area contributed by atoms with Gasteiger partial charge < -0.3 is 19.9 Å². The minimum Gasteiger partial charge on any atom is -0.389 e. The molecule has 0 aromatic carbocycles. The summed E-state index contributed by atoms with van der Waals surface area (Å²) in [5.41, 5.74) is 0. The van der Waals surface area contributed by atoms with Gasteiger partial charge >= 0.3 is 0 Å². The molecule has 3 atom stereocenters. The maximum absolute atomic E-state index is 9.81. The van der Waals surface area contributed by atoms with Crippen molar-refractivity contribution in [2.75, 3.05) is 32.9 Å². The summed E-state index contributed by atoms with van der Waals surface area (Å²) in [4.78, 5) is 0. The van der Waals surface area contributed by atoms with Gasteiger partial charge in [0.05, 0.1) is 18.8 Å². The monoisotopic (exact) mass is 273 g/mol. The molecular weight excluding hydrogens is 242 g/mol. The fourth-order valence-electron chi connectivity index (χ4n) is 2.45. The Bertz CT molecular complexity index is 217. The number of aliphatic hydroxyl groups is 1. The van der Waals surface area contributed by atoms with E-state index in [0.29, 0.717) is 25.0 Å². The molecule has 1 saturated heterocycles. The van der Waals surface area contributed by atoms with Crippen LogP contribution in [0.15, 0.2) is 0 Å². The summed E-state index contributed by atoms with van der Waals surface area (Å²) in [5, 5.41) is 13.1. The summed E-state index contributed by atoms with van der Waals surface area (Å²) in [5.74, 6) is 1.34. The molecule has 1 aliphatic rings. The van der Waals surface area contributed by atoms with Crippen molar-refractivity contribution in [3.63, 3.8) is 0 Å². The van der Waals surface area contributed by atoms with Crippen LogP contribution in [0.1, 0.15) is 40.0 Å². The highest BCUT2D eigenvalue weighted by molar-refractivity contribution is 4.67. The van der Waals surface area contributed by atoms with Gasteiger partial charge in [0.2, 0.25) is 0 Å². The molecule has 0 bridgehead atoms. The summed E-state index contributed by atoms with van der Waals surface area (Å²) < 4.78 is 11.0. The van der Waals surface area contributed by atoms with Crippen LogP contribution in [0.2, 0.25) is 0 Å². The van der Waals surface area contributed by atoms with Gasteiger partial charge in [-0.25, -0.2) is 0 Å². The topological polar surface area (TPSA) is 50.7 Å². The lowest BCUT2D eigenvalue weighted by atomic mass is 10.1. The van der Waals surface area contributed by atoms with Crippen LogP contribution in [0.25, 0.3) is 0 Å². The number of rotatable bonds is 10. The Morgan fingerprint density at radius 2 is 2.16 bits per heavy atom. The lowest BCUT2D eigenvalue weighted by Gasteiger charge is -2.18. The van der Waals surface area contributed by atoms with Crippen molar-refractivity contribution in [2.45, 2.75) is 52.2 Å². The van der Waals surface area contributed by atoms with Crippen molar-refractivity contribution in [1.82, 2.24) is 5.32 Å². The molecule has 0 aromatic heterocycles. The average Bonchev–Trinajstić information content (AvgIpc) is 2.84. The van der Waals surface area contributed by atoms with E-state index in [1.165, 1.54) is 6.42 Å². The predicted octanol–water partition coefficient (Wildman–Crippen LogP) is 1.81. The first-order chi connectivity index (χ1) is 9.08. The summed E-state index contributed by atoms with van der Waals surface area (Å²) in [7, 11) is 0. The van der Waals surface area contributed by atoms with E-state index in [4.69, 9.17) is 9.47 Å². The lowest BCUT2D eigenvalue weighted by molar-refractivity contribution is -0.00850. The van der Waals surface area contributed by atoms with Gasteiger partial charge in [0.1, 0.15) is 0 Å². The standard InChI is InChI=1S/C15H31NO3/c1-12(2)8-13(3)19-11-15(17)9-16-6-4-14-5-7-18-10-14/h12-17H,4-11H2,1-3H3. The van der Waals surface area contributed by atoms with Crippen LogP contribution in [0.3, 0.4) is 0 Å². The Morgan fingerprint density at radius 3 is 2.79 bits per heavy atom. The van der Waals surface area contributed by atoms with E-state index in [0.717, 1.165) is 32.6 Å². The van der Waals surface area contributed by atoms with Crippen molar-refractivity contribution in [3.8, 4) is 0 Å². The van der Waals surface area contributed by atoms with E-state index in [2.05, 4.69) is 26.1 Å². The van der Waals surface area contributed by atoms with E-state index in [9.17, 15) is 5.11 Å². The average molecular weight is 273 g/mol. The molecule has 0 aromatic rings. The third kappa shape index (κ3) is 8.58. The lowest BCUT2D eigenvalue weighted by Crippen LogP contribution is -2.33. The number of nitrogens with one attached hydrogen (secondary N) is 1. The van der Waals surface area contributed by atoms with E-state index in [1.54, 1.807) is 0 Å². The molecule has 0 amide bonds. The van der Waals surface area contributed by atoms with Crippen LogP contribution in [-0.4, -0.2) is 50.2 Å². The molecule has 1 heterocycles. The van der Waals surface area contributed by atoms with E-state index < -0.39 is 6.10 Å². The second kappa shape index (κ2) is 9.70.